The van der Waals surface area contributed by atoms with Crippen LogP contribution in [0.2, 0.25) is 0 Å². The predicted octanol–water partition coefficient (Wildman–Crippen LogP) is 2.29. The molecule has 0 aromatic heterocycles. The molecule has 2 rings (SSSR count). The number of hydrazine groups is 1. The fourth-order valence-corrected chi connectivity index (χ4v) is 2.16. The lowest BCUT2D eigenvalue weighted by atomic mass is 10.1. The standard InChI is InChI=1S/C19H22N2O4/c1-13-7-8-17(9-14(13)2)25-12-18(22)20-21-19(23)16-6-4-5-15(10-16)11-24-3/h4-10H,11-12H2,1-3H3,(H,20,22)(H,21,23). The number of hydrogen-bond acceptors (Lipinski definition) is 4. The Morgan fingerprint density at radius 1 is 1.00 bits per heavy atom. The van der Waals surface area contributed by atoms with E-state index in [2.05, 4.69) is 10.9 Å². The smallest absolute Gasteiger partial charge is 0.276 e. The van der Waals surface area contributed by atoms with Crippen LogP contribution in [0.5, 0.6) is 5.75 Å². The first kappa shape index (κ1) is 18.5. The fraction of sp³-hybridized carbons (Fsp3) is 0.263. The van der Waals surface area contributed by atoms with Crippen molar-refractivity contribution in [2.75, 3.05) is 13.7 Å². The SMILES string of the molecule is COCc1cccc(C(=O)NNC(=O)COc2ccc(C)c(C)c2)c1. The van der Waals surface area contributed by atoms with E-state index in [0.29, 0.717) is 17.9 Å². The molecule has 6 heteroatoms. The Morgan fingerprint density at radius 2 is 1.80 bits per heavy atom. The number of methoxy groups -OCH3 is 1. The van der Waals surface area contributed by atoms with Gasteiger partial charge in [-0.1, -0.05) is 18.2 Å². The molecule has 6 nitrogen and oxygen atoms in total. The van der Waals surface area contributed by atoms with Crippen molar-refractivity contribution in [1.82, 2.24) is 10.9 Å². The molecule has 2 amide bonds. The van der Waals surface area contributed by atoms with Crippen molar-refractivity contribution in [3.63, 3.8) is 0 Å². The summed E-state index contributed by atoms with van der Waals surface area (Å²) in [5.41, 5.74) is 8.25. The molecule has 0 unspecified atom stereocenters. The molecular weight excluding hydrogens is 320 g/mol. The highest BCUT2D eigenvalue weighted by molar-refractivity contribution is 5.95. The summed E-state index contributed by atoms with van der Waals surface area (Å²) in [5.74, 6) is -0.242. The van der Waals surface area contributed by atoms with E-state index in [4.69, 9.17) is 9.47 Å². The maximum Gasteiger partial charge on any atom is 0.276 e. The van der Waals surface area contributed by atoms with Crippen LogP contribution in [-0.4, -0.2) is 25.5 Å². The van der Waals surface area contributed by atoms with E-state index in [-0.39, 0.29) is 6.61 Å². The van der Waals surface area contributed by atoms with Gasteiger partial charge in [-0.25, -0.2) is 0 Å². The van der Waals surface area contributed by atoms with Crippen molar-refractivity contribution in [3.8, 4) is 5.75 Å². The second kappa shape index (κ2) is 8.84. The maximum atomic E-state index is 12.1. The first-order chi connectivity index (χ1) is 12.0. The first-order valence-corrected chi connectivity index (χ1v) is 7.86. The summed E-state index contributed by atoms with van der Waals surface area (Å²) in [6, 6.07) is 12.6. The highest BCUT2D eigenvalue weighted by Gasteiger charge is 2.09. The molecule has 0 radical (unpaired) electrons. The third-order valence-electron chi connectivity index (χ3n) is 3.66. The Hall–Kier alpha value is -2.86. The Labute approximate surface area is 147 Å². The molecule has 25 heavy (non-hydrogen) atoms. The zero-order valence-electron chi connectivity index (χ0n) is 14.6. The summed E-state index contributed by atoms with van der Waals surface area (Å²) in [7, 11) is 1.59. The average Bonchev–Trinajstić information content (AvgIpc) is 2.61. The van der Waals surface area contributed by atoms with E-state index in [1.165, 1.54) is 0 Å². The van der Waals surface area contributed by atoms with Crippen molar-refractivity contribution in [1.29, 1.82) is 0 Å². The van der Waals surface area contributed by atoms with E-state index in [9.17, 15) is 9.59 Å². The summed E-state index contributed by atoms with van der Waals surface area (Å²) in [6.07, 6.45) is 0. The Bertz CT molecular complexity index is 759. The molecule has 0 aliphatic heterocycles. The molecule has 0 atom stereocenters. The zero-order chi connectivity index (χ0) is 18.2. The molecule has 0 heterocycles. The van der Waals surface area contributed by atoms with E-state index >= 15 is 0 Å². The number of rotatable bonds is 6. The number of nitrogens with one attached hydrogen (secondary N) is 2. The van der Waals surface area contributed by atoms with E-state index in [1.54, 1.807) is 31.4 Å². The van der Waals surface area contributed by atoms with Crippen molar-refractivity contribution >= 4 is 11.8 Å². The van der Waals surface area contributed by atoms with Crippen molar-refractivity contribution < 1.29 is 19.1 Å². The maximum absolute atomic E-state index is 12.1. The summed E-state index contributed by atoms with van der Waals surface area (Å²) in [4.78, 5) is 23.9. The van der Waals surface area contributed by atoms with Gasteiger partial charge in [-0.3, -0.25) is 20.4 Å². The van der Waals surface area contributed by atoms with Gasteiger partial charge in [0.15, 0.2) is 6.61 Å². The quantitative estimate of drug-likeness (QED) is 0.790. The Kier molecular flexibility index (Phi) is 6.54. The van der Waals surface area contributed by atoms with Gasteiger partial charge in [-0.15, -0.1) is 0 Å². The Balaban J connectivity index is 1.81. The molecule has 2 aromatic carbocycles. The molecule has 0 fully saturated rings. The number of hydrogen-bond donors (Lipinski definition) is 2. The van der Waals surface area contributed by atoms with Gasteiger partial charge >= 0.3 is 0 Å². The topological polar surface area (TPSA) is 76.7 Å². The van der Waals surface area contributed by atoms with Gasteiger partial charge in [0, 0.05) is 12.7 Å². The molecule has 0 aliphatic rings. The third-order valence-corrected chi connectivity index (χ3v) is 3.66. The lowest BCUT2D eigenvalue weighted by Crippen LogP contribution is -2.43. The number of aryl methyl sites for hydroxylation is 2. The predicted molar refractivity (Wildman–Crippen MR) is 94.2 cm³/mol. The molecule has 0 aliphatic carbocycles. The lowest BCUT2D eigenvalue weighted by molar-refractivity contribution is -0.123. The first-order valence-electron chi connectivity index (χ1n) is 7.86. The van der Waals surface area contributed by atoms with Crippen LogP contribution in [0, 0.1) is 13.8 Å². The van der Waals surface area contributed by atoms with Gasteiger partial charge in [0.05, 0.1) is 6.61 Å². The van der Waals surface area contributed by atoms with E-state index in [1.807, 2.05) is 32.0 Å². The molecule has 0 bridgehead atoms. The fourth-order valence-electron chi connectivity index (χ4n) is 2.16. The minimum absolute atomic E-state index is 0.188. The average molecular weight is 342 g/mol. The van der Waals surface area contributed by atoms with Crippen LogP contribution in [0.25, 0.3) is 0 Å². The number of amides is 2. The van der Waals surface area contributed by atoms with Gasteiger partial charge in [0.2, 0.25) is 0 Å². The highest BCUT2D eigenvalue weighted by Crippen LogP contribution is 2.16. The minimum atomic E-state index is -0.445. The van der Waals surface area contributed by atoms with Crippen LogP contribution in [0.1, 0.15) is 27.0 Å². The lowest BCUT2D eigenvalue weighted by Gasteiger charge is -2.10. The van der Waals surface area contributed by atoms with Crippen LogP contribution < -0.4 is 15.6 Å². The van der Waals surface area contributed by atoms with Gasteiger partial charge in [-0.05, 0) is 54.8 Å². The summed E-state index contributed by atoms with van der Waals surface area (Å²) >= 11 is 0. The molecule has 0 saturated heterocycles. The summed E-state index contributed by atoms with van der Waals surface area (Å²) < 4.78 is 10.4. The van der Waals surface area contributed by atoms with E-state index < -0.39 is 11.8 Å². The zero-order valence-corrected chi connectivity index (χ0v) is 14.6. The van der Waals surface area contributed by atoms with Gasteiger partial charge in [-0.2, -0.15) is 0 Å². The number of benzene rings is 2. The van der Waals surface area contributed by atoms with Crippen molar-refractivity contribution in [2.45, 2.75) is 20.5 Å². The van der Waals surface area contributed by atoms with Crippen molar-refractivity contribution in [3.05, 3.63) is 64.7 Å². The summed E-state index contributed by atoms with van der Waals surface area (Å²) in [6.45, 7) is 4.20. The molecule has 2 aromatic rings. The van der Waals surface area contributed by atoms with Crippen LogP contribution in [0.3, 0.4) is 0 Å². The van der Waals surface area contributed by atoms with Crippen LogP contribution in [0.4, 0.5) is 0 Å². The molecule has 2 N–H and O–H groups in total. The normalized spacial score (nSPS) is 10.2. The third kappa shape index (κ3) is 5.61. The monoisotopic (exact) mass is 342 g/mol. The second-order valence-corrected chi connectivity index (χ2v) is 5.67. The van der Waals surface area contributed by atoms with Crippen LogP contribution >= 0.6 is 0 Å². The van der Waals surface area contributed by atoms with Crippen LogP contribution in [-0.2, 0) is 16.1 Å². The minimum Gasteiger partial charge on any atom is -0.484 e. The second-order valence-electron chi connectivity index (χ2n) is 5.67. The largest absolute Gasteiger partial charge is 0.484 e. The molecule has 0 spiro atoms. The van der Waals surface area contributed by atoms with Gasteiger partial charge < -0.3 is 9.47 Å². The van der Waals surface area contributed by atoms with Crippen LogP contribution in [0.15, 0.2) is 42.5 Å². The molecular formula is C19H22N2O4. The van der Waals surface area contributed by atoms with Crippen molar-refractivity contribution in [2.24, 2.45) is 0 Å². The number of carbonyl (C=O) groups is 2. The molecule has 132 valence electrons. The van der Waals surface area contributed by atoms with Gasteiger partial charge in [0.1, 0.15) is 5.75 Å². The highest BCUT2D eigenvalue weighted by atomic mass is 16.5. The molecule has 0 saturated carbocycles. The van der Waals surface area contributed by atoms with E-state index in [0.717, 1.165) is 16.7 Å². The summed E-state index contributed by atoms with van der Waals surface area (Å²) in [5, 5.41) is 0. The number of ether oxygens (including phenoxy) is 2. The Morgan fingerprint density at radius 3 is 2.52 bits per heavy atom. The van der Waals surface area contributed by atoms with Gasteiger partial charge in [0.25, 0.3) is 11.8 Å². The number of carbonyl (C=O) groups excluding carboxylic acids is 2.